The maximum absolute atomic E-state index is 11.4. The van der Waals surface area contributed by atoms with E-state index >= 15 is 0 Å². The van der Waals surface area contributed by atoms with E-state index in [9.17, 15) is 9.90 Å². The molecular weight excluding hydrogens is 212 g/mol. The summed E-state index contributed by atoms with van der Waals surface area (Å²) in [5.41, 5.74) is 0.140. The van der Waals surface area contributed by atoms with Crippen LogP contribution in [0.3, 0.4) is 0 Å². The molecule has 0 atom stereocenters. The van der Waals surface area contributed by atoms with Crippen molar-refractivity contribution in [3.05, 3.63) is 16.3 Å². The Morgan fingerprint density at radius 2 is 2.06 bits per heavy atom. The van der Waals surface area contributed by atoms with Gasteiger partial charge in [0.15, 0.2) is 5.52 Å². The molecule has 0 aliphatic rings. The fourth-order valence-electron chi connectivity index (χ4n) is 1.74. The highest BCUT2D eigenvalue weighted by Crippen LogP contribution is 2.20. The van der Waals surface area contributed by atoms with Gasteiger partial charge in [0.05, 0.1) is 0 Å². The van der Waals surface area contributed by atoms with Crippen molar-refractivity contribution in [3.8, 4) is 5.88 Å². The van der Waals surface area contributed by atoms with Crippen LogP contribution in [0.15, 0.2) is 4.79 Å². The Morgan fingerprint density at radius 3 is 2.62 bits per heavy atom. The summed E-state index contributed by atoms with van der Waals surface area (Å²) in [7, 11) is 1.55. The van der Waals surface area contributed by atoms with E-state index in [4.69, 9.17) is 5.11 Å². The Hall–Kier alpha value is -1.89. The molecule has 0 aliphatic heterocycles. The molecule has 2 rings (SSSR count). The van der Waals surface area contributed by atoms with E-state index in [1.165, 1.54) is 4.57 Å². The maximum atomic E-state index is 11.4. The zero-order valence-corrected chi connectivity index (χ0v) is 9.01. The second kappa shape index (κ2) is 3.60. The number of aliphatic hydroxyl groups excluding tert-OH is 1. The smallest absolute Gasteiger partial charge is 0.352 e. The van der Waals surface area contributed by atoms with E-state index in [2.05, 4.69) is 9.97 Å². The molecular formula is C9H12N4O3. The lowest BCUT2D eigenvalue weighted by Crippen LogP contribution is -2.21. The summed E-state index contributed by atoms with van der Waals surface area (Å²) in [6.45, 7) is 2.15. The first-order chi connectivity index (χ1) is 7.60. The highest BCUT2D eigenvalue weighted by atomic mass is 16.3. The largest absolute Gasteiger partial charge is 0.492 e. The van der Waals surface area contributed by atoms with Gasteiger partial charge in [-0.05, 0) is 6.92 Å². The van der Waals surface area contributed by atoms with E-state index in [-0.39, 0.29) is 12.1 Å². The number of nitrogens with zero attached hydrogens (tertiary/aromatic N) is 4. The van der Waals surface area contributed by atoms with Crippen LogP contribution in [0.4, 0.5) is 0 Å². The number of aromatic nitrogens is 4. The van der Waals surface area contributed by atoms with E-state index in [0.29, 0.717) is 18.0 Å². The van der Waals surface area contributed by atoms with Gasteiger partial charge in [0.2, 0.25) is 5.88 Å². The van der Waals surface area contributed by atoms with E-state index in [1.54, 1.807) is 11.6 Å². The van der Waals surface area contributed by atoms with Crippen LogP contribution in [0, 0.1) is 0 Å². The van der Waals surface area contributed by atoms with Gasteiger partial charge in [0.1, 0.15) is 18.1 Å². The minimum absolute atomic E-state index is 0.230. The molecule has 0 amide bonds. The van der Waals surface area contributed by atoms with Gasteiger partial charge in [-0.15, -0.1) is 0 Å². The lowest BCUT2D eigenvalue weighted by atomic mass is 10.5. The number of imidazole rings is 1. The van der Waals surface area contributed by atoms with Crippen molar-refractivity contribution in [3.63, 3.8) is 0 Å². The number of rotatable bonds is 2. The van der Waals surface area contributed by atoms with Gasteiger partial charge in [-0.3, -0.25) is 4.57 Å². The van der Waals surface area contributed by atoms with Gasteiger partial charge in [0, 0.05) is 13.6 Å². The molecule has 2 aromatic rings. The second-order valence-electron chi connectivity index (χ2n) is 3.38. The maximum Gasteiger partial charge on any atom is 0.352 e. The minimum atomic E-state index is -0.552. The molecule has 0 spiro atoms. The molecule has 16 heavy (non-hydrogen) atoms. The molecule has 0 aliphatic carbocycles. The highest BCUT2D eigenvalue weighted by Gasteiger charge is 2.16. The number of aromatic hydroxyl groups is 1. The fourth-order valence-corrected chi connectivity index (χ4v) is 1.74. The molecule has 0 saturated carbocycles. The van der Waals surface area contributed by atoms with Crippen LogP contribution in [0.1, 0.15) is 12.7 Å². The van der Waals surface area contributed by atoms with Crippen molar-refractivity contribution in [2.75, 3.05) is 0 Å². The van der Waals surface area contributed by atoms with E-state index in [1.807, 2.05) is 6.92 Å². The molecule has 0 fully saturated rings. The second-order valence-corrected chi connectivity index (χ2v) is 3.38. The fraction of sp³-hybridized carbons (Fsp3) is 0.444. The third-order valence-corrected chi connectivity index (χ3v) is 2.50. The summed E-state index contributed by atoms with van der Waals surface area (Å²) in [6, 6.07) is 0. The summed E-state index contributed by atoms with van der Waals surface area (Å²) in [6.07, 6.45) is 0. The summed E-state index contributed by atoms with van der Waals surface area (Å²) in [4.78, 5) is 18.9. The number of fused-ring (bicyclic) bond motifs is 1. The zero-order valence-electron chi connectivity index (χ0n) is 9.01. The van der Waals surface area contributed by atoms with Crippen molar-refractivity contribution >= 4 is 11.2 Å². The molecule has 2 N–H and O–H groups in total. The van der Waals surface area contributed by atoms with Crippen LogP contribution in [-0.4, -0.2) is 29.3 Å². The summed E-state index contributed by atoms with van der Waals surface area (Å²) < 4.78 is 2.96. The Labute approximate surface area is 90.6 Å². The number of hydrogen-bond acceptors (Lipinski definition) is 5. The standard InChI is InChI=1S/C9H12N4O3/c1-3-13-5(4-14)10-6-7(15)11-9(16)12(2)8(6)13/h14H,3-4H2,1-2H3,(H,11,15,16). The molecule has 7 heteroatoms. The Balaban J connectivity index is 2.98. The summed E-state index contributed by atoms with van der Waals surface area (Å²) >= 11 is 0. The zero-order chi connectivity index (χ0) is 11.9. The summed E-state index contributed by atoms with van der Waals surface area (Å²) in [5, 5.41) is 18.7. The average Bonchev–Trinajstić information content (AvgIpc) is 2.64. The normalized spacial score (nSPS) is 11.2. The molecule has 7 nitrogen and oxygen atoms in total. The molecule has 0 aromatic carbocycles. The molecule has 86 valence electrons. The number of hydrogen-bond donors (Lipinski definition) is 2. The van der Waals surface area contributed by atoms with Crippen molar-refractivity contribution in [1.82, 2.24) is 19.1 Å². The van der Waals surface area contributed by atoms with Gasteiger partial charge in [-0.2, -0.15) is 4.98 Å². The van der Waals surface area contributed by atoms with E-state index in [0.717, 1.165) is 0 Å². The van der Waals surface area contributed by atoms with Crippen molar-refractivity contribution < 1.29 is 10.2 Å². The Kier molecular flexibility index (Phi) is 2.39. The van der Waals surface area contributed by atoms with Crippen LogP contribution in [0.25, 0.3) is 11.2 Å². The van der Waals surface area contributed by atoms with Crippen LogP contribution in [0.2, 0.25) is 0 Å². The quantitative estimate of drug-likeness (QED) is 0.707. The van der Waals surface area contributed by atoms with Crippen LogP contribution >= 0.6 is 0 Å². The first-order valence-electron chi connectivity index (χ1n) is 4.86. The monoisotopic (exact) mass is 224 g/mol. The van der Waals surface area contributed by atoms with Crippen molar-refractivity contribution in [2.45, 2.75) is 20.1 Å². The van der Waals surface area contributed by atoms with Crippen LogP contribution in [-0.2, 0) is 20.2 Å². The Bertz CT molecular complexity index is 599. The van der Waals surface area contributed by atoms with E-state index < -0.39 is 11.6 Å². The molecule has 0 radical (unpaired) electrons. The minimum Gasteiger partial charge on any atom is -0.492 e. The molecule has 2 heterocycles. The summed E-state index contributed by atoms with van der Waals surface area (Å²) in [5.74, 6) is -0.00389. The van der Waals surface area contributed by atoms with Gasteiger partial charge >= 0.3 is 5.69 Å². The van der Waals surface area contributed by atoms with Gasteiger partial charge < -0.3 is 14.8 Å². The first kappa shape index (κ1) is 10.6. The third kappa shape index (κ3) is 1.28. The average molecular weight is 224 g/mol. The van der Waals surface area contributed by atoms with Crippen LogP contribution in [0.5, 0.6) is 5.88 Å². The lowest BCUT2D eigenvalue weighted by molar-refractivity contribution is 0.266. The topological polar surface area (TPSA) is 93.2 Å². The predicted octanol–water partition coefficient (Wildman–Crippen LogP) is -0.652. The van der Waals surface area contributed by atoms with Crippen LogP contribution < -0.4 is 5.69 Å². The predicted molar refractivity (Wildman–Crippen MR) is 56.0 cm³/mol. The number of aryl methyl sites for hydroxylation is 2. The van der Waals surface area contributed by atoms with Gasteiger partial charge in [-0.1, -0.05) is 0 Å². The molecule has 0 bridgehead atoms. The van der Waals surface area contributed by atoms with Gasteiger partial charge in [-0.25, -0.2) is 9.78 Å². The molecule has 0 saturated heterocycles. The SMILES string of the molecule is CCn1c(CO)nc2c(O)nc(=O)n(C)c21. The highest BCUT2D eigenvalue weighted by molar-refractivity contribution is 5.77. The molecule has 0 unspecified atom stereocenters. The van der Waals surface area contributed by atoms with Crippen molar-refractivity contribution in [2.24, 2.45) is 7.05 Å². The third-order valence-electron chi connectivity index (χ3n) is 2.50. The first-order valence-corrected chi connectivity index (χ1v) is 4.86. The van der Waals surface area contributed by atoms with Gasteiger partial charge in [0.25, 0.3) is 0 Å². The molecule has 2 aromatic heterocycles. The lowest BCUT2D eigenvalue weighted by Gasteiger charge is -2.06. The van der Waals surface area contributed by atoms with Crippen molar-refractivity contribution in [1.29, 1.82) is 0 Å². The number of aliphatic hydroxyl groups is 1. The Morgan fingerprint density at radius 1 is 1.38 bits per heavy atom.